The van der Waals surface area contributed by atoms with E-state index in [9.17, 15) is 19.1 Å². The van der Waals surface area contributed by atoms with Gasteiger partial charge in [-0.15, -0.1) is 0 Å². The number of ether oxygens (including phenoxy) is 1. The van der Waals surface area contributed by atoms with Crippen molar-refractivity contribution >= 4 is 44.1 Å². The van der Waals surface area contributed by atoms with Crippen LogP contribution in [0.2, 0.25) is 0 Å². The second-order valence-corrected chi connectivity index (χ2v) is 8.82. The fourth-order valence-electron chi connectivity index (χ4n) is 4.02. The average molecular weight is 487 g/mol. The van der Waals surface area contributed by atoms with Crippen LogP contribution in [0.3, 0.4) is 0 Å². The lowest BCUT2D eigenvalue weighted by Gasteiger charge is -2.23. The first-order chi connectivity index (χ1) is 17.0. The molecule has 8 heteroatoms. The molecule has 1 atom stereocenters. The standard InChI is InChI=1S/C27H19FN2O4S/c1-2-13-34-19-10-6-9-17(14-19)23-22(24(31)16-7-4-3-5-8-16)25(32)26(33)30(23)27-29-20-12-11-18(28)15-21(20)35-27/h2-12,14-15,23,31H,1,13H2. The van der Waals surface area contributed by atoms with Crippen molar-refractivity contribution in [1.82, 2.24) is 4.98 Å². The molecule has 1 N–H and O–H groups in total. The van der Waals surface area contributed by atoms with Gasteiger partial charge in [0.15, 0.2) is 5.13 Å². The van der Waals surface area contributed by atoms with Gasteiger partial charge in [0.05, 0.1) is 21.8 Å². The zero-order valence-corrected chi connectivity index (χ0v) is 19.2. The van der Waals surface area contributed by atoms with Crippen molar-refractivity contribution in [3.05, 3.63) is 108 Å². The number of anilines is 1. The molecule has 35 heavy (non-hydrogen) atoms. The summed E-state index contributed by atoms with van der Waals surface area (Å²) in [5.41, 5.74) is 1.39. The van der Waals surface area contributed by atoms with E-state index in [1.807, 2.05) is 0 Å². The maximum Gasteiger partial charge on any atom is 0.301 e. The molecule has 1 aromatic heterocycles. The Hall–Kier alpha value is -4.30. The smallest absolute Gasteiger partial charge is 0.301 e. The minimum atomic E-state index is -0.965. The van der Waals surface area contributed by atoms with E-state index in [0.717, 1.165) is 11.3 Å². The van der Waals surface area contributed by atoms with Gasteiger partial charge in [-0.1, -0.05) is 66.5 Å². The number of ketones is 1. The van der Waals surface area contributed by atoms with Crippen molar-refractivity contribution in [3.63, 3.8) is 0 Å². The van der Waals surface area contributed by atoms with Gasteiger partial charge in [0.25, 0.3) is 5.78 Å². The van der Waals surface area contributed by atoms with Crippen LogP contribution in [-0.4, -0.2) is 28.4 Å². The SMILES string of the molecule is C=CCOc1cccc(C2C(=C(O)c3ccccc3)C(=O)C(=O)N2c2nc3ccc(F)cc3s2)c1. The van der Waals surface area contributed by atoms with E-state index >= 15 is 0 Å². The van der Waals surface area contributed by atoms with Gasteiger partial charge in [-0.3, -0.25) is 14.5 Å². The third-order valence-corrected chi connectivity index (χ3v) is 6.60. The maximum absolute atomic E-state index is 13.8. The lowest BCUT2D eigenvalue weighted by molar-refractivity contribution is -0.132. The highest BCUT2D eigenvalue weighted by atomic mass is 32.1. The predicted molar refractivity (Wildman–Crippen MR) is 133 cm³/mol. The molecule has 3 aromatic carbocycles. The summed E-state index contributed by atoms with van der Waals surface area (Å²) < 4.78 is 20.0. The van der Waals surface area contributed by atoms with Gasteiger partial charge in [0.2, 0.25) is 0 Å². The number of Topliss-reactive ketones (excluding diaryl/α,β-unsaturated/α-hetero) is 1. The average Bonchev–Trinajstić information content (AvgIpc) is 3.40. The molecular weight excluding hydrogens is 467 g/mol. The lowest BCUT2D eigenvalue weighted by Crippen LogP contribution is -2.29. The Balaban J connectivity index is 1.71. The molecule has 1 saturated heterocycles. The topological polar surface area (TPSA) is 79.7 Å². The van der Waals surface area contributed by atoms with E-state index in [2.05, 4.69) is 11.6 Å². The van der Waals surface area contributed by atoms with Crippen molar-refractivity contribution in [2.45, 2.75) is 6.04 Å². The van der Waals surface area contributed by atoms with E-state index in [1.165, 1.54) is 23.1 Å². The van der Waals surface area contributed by atoms with Crippen LogP contribution < -0.4 is 9.64 Å². The minimum absolute atomic E-state index is 0.0625. The van der Waals surface area contributed by atoms with Crippen molar-refractivity contribution in [3.8, 4) is 5.75 Å². The number of benzene rings is 3. The Kier molecular flexibility index (Phi) is 5.88. The van der Waals surface area contributed by atoms with Gasteiger partial charge in [-0.2, -0.15) is 0 Å². The molecular formula is C27H19FN2O4S. The molecule has 0 radical (unpaired) electrons. The molecule has 1 aliphatic rings. The number of thiazole rings is 1. The van der Waals surface area contributed by atoms with Crippen LogP contribution in [0.1, 0.15) is 17.2 Å². The zero-order valence-electron chi connectivity index (χ0n) is 18.3. The largest absolute Gasteiger partial charge is 0.507 e. The summed E-state index contributed by atoms with van der Waals surface area (Å²) in [6, 6.07) is 18.7. The number of amides is 1. The Labute approximate surface area is 204 Å². The predicted octanol–water partition coefficient (Wildman–Crippen LogP) is 5.63. The monoisotopic (exact) mass is 486 g/mol. The number of aliphatic hydroxyl groups excluding tert-OH is 1. The summed E-state index contributed by atoms with van der Waals surface area (Å²) in [5, 5.41) is 11.4. The van der Waals surface area contributed by atoms with E-state index in [0.29, 0.717) is 27.1 Å². The number of aromatic nitrogens is 1. The van der Waals surface area contributed by atoms with Gasteiger partial charge in [-0.05, 0) is 35.9 Å². The van der Waals surface area contributed by atoms with Crippen molar-refractivity contribution in [1.29, 1.82) is 0 Å². The highest BCUT2D eigenvalue weighted by Crippen LogP contribution is 2.44. The summed E-state index contributed by atoms with van der Waals surface area (Å²) in [5.74, 6) is -1.87. The van der Waals surface area contributed by atoms with Crippen LogP contribution in [0.4, 0.5) is 9.52 Å². The molecule has 0 saturated carbocycles. The summed E-state index contributed by atoms with van der Waals surface area (Å²) >= 11 is 1.09. The molecule has 0 bridgehead atoms. The Bertz CT molecular complexity index is 1500. The van der Waals surface area contributed by atoms with Crippen molar-refractivity contribution < 1.29 is 23.8 Å². The third-order valence-electron chi connectivity index (χ3n) is 5.58. The summed E-state index contributed by atoms with van der Waals surface area (Å²) in [6.07, 6.45) is 1.61. The number of rotatable bonds is 6. The van der Waals surface area contributed by atoms with Crippen LogP contribution in [0.15, 0.2) is 91.0 Å². The minimum Gasteiger partial charge on any atom is -0.507 e. The molecule has 4 aromatic rings. The highest BCUT2D eigenvalue weighted by Gasteiger charge is 2.48. The van der Waals surface area contributed by atoms with Crippen molar-refractivity contribution in [2.75, 3.05) is 11.5 Å². The molecule has 0 spiro atoms. The number of carbonyl (C=O) groups excluding carboxylic acids is 2. The quantitative estimate of drug-likeness (QED) is 0.165. The second kappa shape index (κ2) is 9.15. The first-order valence-corrected chi connectivity index (χ1v) is 11.6. The molecule has 1 aliphatic heterocycles. The molecule has 2 heterocycles. The summed E-state index contributed by atoms with van der Waals surface area (Å²) in [7, 11) is 0. The number of aliphatic hydroxyl groups is 1. The fourth-order valence-corrected chi connectivity index (χ4v) is 5.03. The van der Waals surface area contributed by atoms with Crippen LogP contribution in [-0.2, 0) is 9.59 Å². The molecule has 174 valence electrons. The van der Waals surface area contributed by atoms with Gasteiger partial charge in [0, 0.05) is 5.56 Å². The number of carbonyl (C=O) groups is 2. The van der Waals surface area contributed by atoms with Gasteiger partial charge in [-0.25, -0.2) is 9.37 Å². The maximum atomic E-state index is 13.8. The molecule has 1 fully saturated rings. The second-order valence-electron chi connectivity index (χ2n) is 7.82. The zero-order chi connectivity index (χ0) is 24.5. The van der Waals surface area contributed by atoms with E-state index in [4.69, 9.17) is 4.74 Å². The lowest BCUT2D eigenvalue weighted by atomic mass is 9.95. The Morgan fingerprint density at radius 3 is 2.69 bits per heavy atom. The van der Waals surface area contributed by atoms with Gasteiger partial charge < -0.3 is 9.84 Å². The summed E-state index contributed by atoms with van der Waals surface area (Å²) in [4.78, 5) is 32.3. The van der Waals surface area contributed by atoms with Gasteiger partial charge in [0.1, 0.15) is 23.9 Å². The van der Waals surface area contributed by atoms with Crippen LogP contribution in [0.5, 0.6) is 5.75 Å². The number of hydrogen-bond acceptors (Lipinski definition) is 6. The molecule has 6 nitrogen and oxygen atoms in total. The third kappa shape index (κ3) is 4.08. The first-order valence-electron chi connectivity index (χ1n) is 10.7. The van der Waals surface area contributed by atoms with Gasteiger partial charge >= 0.3 is 5.91 Å². The highest BCUT2D eigenvalue weighted by molar-refractivity contribution is 7.22. The number of fused-ring (bicyclic) bond motifs is 1. The molecule has 1 amide bonds. The van der Waals surface area contributed by atoms with E-state index < -0.39 is 23.5 Å². The Morgan fingerprint density at radius 2 is 1.91 bits per heavy atom. The number of hydrogen-bond donors (Lipinski definition) is 1. The van der Waals surface area contributed by atoms with Crippen LogP contribution >= 0.6 is 11.3 Å². The number of nitrogens with zero attached hydrogens (tertiary/aromatic N) is 2. The summed E-state index contributed by atoms with van der Waals surface area (Å²) in [6.45, 7) is 3.92. The molecule has 0 aliphatic carbocycles. The van der Waals surface area contributed by atoms with Crippen LogP contribution in [0.25, 0.3) is 16.0 Å². The van der Waals surface area contributed by atoms with Crippen LogP contribution in [0, 0.1) is 5.82 Å². The molecule has 5 rings (SSSR count). The molecule has 1 unspecified atom stereocenters. The normalized spacial score (nSPS) is 17.2. The van der Waals surface area contributed by atoms with E-state index in [1.54, 1.807) is 60.7 Å². The Morgan fingerprint density at radius 1 is 1.11 bits per heavy atom. The number of halogens is 1. The van der Waals surface area contributed by atoms with Crippen molar-refractivity contribution in [2.24, 2.45) is 0 Å². The van der Waals surface area contributed by atoms with E-state index in [-0.39, 0.29) is 23.1 Å². The fraction of sp³-hybridized carbons (Fsp3) is 0.0741. The first kappa shape index (κ1) is 22.5.